The van der Waals surface area contributed by atoms with E-state index < -0.39 is 17.5 Å². The first-order valence-corrected chi connectivity index (χ1v) is 8.43. The molecule has 2 aromatic carbocycles. The summed E-state index contributed by atoms with van der Waals surface area (Å²) in [6.07, 6.45) is -0.399. The number of ketones is 1. The van der Waals surface area contributed by atoms with Crippen LogP contribution in [0.1, 0.15) is 29.3 Å². The number of esters is 1. The minimum absolute atomic E-state index is 0.209. The fourth-order valence-corrected chi connectivity index (χ4v) is 3.57. The molecule has 118 valence electrons. The van der Waals surface area contributed by atoms with Crippen molar-refractivity contribution in [1.82, 2.24) is 0 Å². The van der Waals surface area contributed by atoms with Gasteiger partial charge in [-0.2, -0.15) is 0 Å². The first-order chi connectivity index (χ1) is 11.0. The molecule has 0 unspecified atom stereocenters. The third-order valence-corrected chi connectivity index (χ3v) is 5.17. The smallest absolute Gasteiger partial charge is 0.321 e. The zero-order chi connectivity index (χ0) is 16.6. The first kappa shape index (κ1) is 16.2. The maximum absolute atomic E-state index is 12.8. The number of Topliss-reactive ketones (excluding diaryl/α,β-unsaturated/α-hetero) is 1. The molecule has 0 amide bonds. The number of hydrogen-bond donors (Lipinski definition) is 0. The maximum atomic E-state index is 12.8. The van der Waals surface area contributed by atoms with E-state index in [9.17, 15) is 9.59 Å². The fraction of sp³-hybridized carbons (Fsp3) is 0.222. The van der Waals surface area contributed by atoms with Crippen LogP contribution >= 0.6 is 27.5 Å². The van der Waals surface area contributed by atoms with E-state index in [1.165, 1.54) is 0 Å². The first-order valence-electron chi connectivity index (χ1n) is 7.26. The van der Waals surface area contributed by atoms with Gasteiger partial charge < -0.3 is 4.74 Å². The van der Waals surface area contributed by atoms with Crippen LogP contribution in [0, 0.1) is 0 Å². The number of benzene rings is 2. The highest BCUT2D eigenvalue weighted by Gasteiger charge is 2.61. The van der Waals surface area contributed by atoms with Crippen molar-refractivity contribution in [2.45, 2.75) is 24.9 Å². The second-order valence-electron chi connectivity index (χ2n) is 5.46. The van der Waals surface area contributed by atoms with Crippen LogP contribution < -0.4 is 0 Å². The summed E-state index contributed by atoms with van der Waals surface area (Å²) in [5.41, 5.74) is 0.147. The summed E-state index contributed by atoms with van der Waals surface area (Å²) in [6.45, 7) is 1.87. The standard InChI is InChI=1S/C18H14BrClO3/c1-2-18(13-5-3-4-6-14(13)20)16(23-17(18)22)15(21)11-7-9-12(19)10-8-11/h3-10,16H,2H2,1H3/t16-,18-/m1/s1. The molecule has 1 heterocycles. The number of halogens is 2. The number of cyclic esters (lactones) is 1. The Labute approximate surface area is 147 Å². The summed E-state index contributed by atoms with van der Waals surface area (Å²) in [7, 11) is 0. The molecule has 23 heavy (non-hydrogen) atoms. The van der Waals surface area contributed by atoms with Gasteiger partial charge in [0.2, 0.25) is 5.78 Å². The van der Waals surface area contributed by atoms with Crippen LogP contribution in [0.25, 0.3) is 0 Å². The minimum atomic E-state index is -1.01. The Hall–Kier alpha value is -1.65. The van der Waals surface area contributed by atoms with Crippen molar-refractivity contribution in [2.24, 2.45) is 0 Å². The summed E-state index contributed by atoms with van der Waals surface area (Å²) >= 11 is 9.62. The topological polar surface area (TPSA) is 43.4 Å². The molecule has 1 aliphatic rings. The SMILES string of the molecule is CC[C@]1(c2ccccc2Cl)C(=O)O[C@@H]1C(=O)c1ccc(Br)cc1. The number of hydrogen-bond acceptors (Lipinski definition) is 3. The van der Waals surface area contributed by atoms with Crippen LogP contribution in [0.3, 0.4) is 0 Å². The predicted octanol–water partition coefficient (Wildman–Crippen LogP) is 4.56. The van der Waals surface area contributed by atoms with Crippen LogP contribution in [-0.4, -0.2) is 17.9 Å². The lowest BCUT2D eigenvalue weighted by atomic mass is 9.67. The summed E-state index contributed by atoms with van der Waals surface area (Å²) in [5.74, 6) is -0.609. The number of carbonyl (C=O) groups excluding carboxylic acids is 2. The Balaban J connectivity index is 2.03. The molecule has 3 rings (SSSR count). The van der Waals surface area contributed by atoms with E-state index in [1.54, 1.807) is 42.5 Å². The molecule has 3 nitrogen and oxygen atoms in total. The number of carbonyl (C=O) groups is 2. The van der Waals surface area contributed by atoms with Gasteiger partial charge in [-0.05, 0) is 30.2 Å². The van der Waals surface area contributed by atoms with Crippen LogP contribution in [0.15, 0.2) is 53.0 Å². The molecule has 1 saturated heterocycles. The van der Waals surface area contributed by atoms with E-state index in [2.05, 4.69) is 15.9 Å². The third kappa shape index (κ3) is 2.50. The van der Waals surface area contributed by atoms with Crippen molar-refractivity contribution in [1.29, 1.82) is 0 Å². The van der Waals surface area contributed by atoms with Gasteiger partial charge in [-0.15, -0.1) is 0 Å². The molecule has 0 aliphatic carbocycles. The molecule has 2 atom stereocenters. The molecule has 0 bridgehead atoms. The Morgan fingerprint density at radius 3 is 2.43 bits per heavy atom. The zero-order valence-electron chi connectivity index (χ0n) is 12.4. The molecule has 0 N–H and O–H groups in total. The van der Waals surface area contributed by atoms with Crippen LogP contribution in [0.5, 0.6) is 0 Å². The van der Waals surface area contributed by atoms with Gasteiger partial charge >= 0.3 is 5.97 Å². The van der Waals surface area contributed by atoms with Gasteiger partial charge in [0, 0.05) is 15.1 Å². The molecule has 0 aromatic heterocycles. The van der Waals surface area contributed by atoms with E-state index >= 15 is 0 Å². The summed E-state index contributed by atoms with van der Waals surface area (Å²) in [5, 5.41) is 0.472. The lowest BCUT2D eigenvalue weighted by Gasteiger charge is -2.46. The van der Waals surface area contributed by atoms with Crippen molar-refractivity contribution in [2.75, 3.05) is 0 Å². The van der Waals surface area contributed by atoms with Gasteiger partial charge in [0.05, 0.1) is 0 Å². The number of rotatable bonds is 4. The van der Waals surface area contributed by atoms with Crippen molar-refractivity contribution >= 4 is 39.3 Å². The third-order valence-electron chi connectivity index (χ3n) is 4.32. The normalized spacial score (nSPS) is 23.1. The van der Waals surface area contributed by atoms with E-state index in [0.29, 0.717) is 22.6 Å². The summed E-state index contributed by atoms with van der Waals surface area (Å²) < 4.78 is 6.12. The fourth-order valence-electron chi connectivity index (χ4n) is 3.00. The Bertz CT molecular complexity index is 772. The van der Waals surface area contributed by atoms with E-state index in [-0.39, 0.29) is 5.78 Å². The van der Waals surface area contributed by atoms with E-state index in [1.807, 2.05) is 13.0 Å². The minimum Gasteiger partial charge on any atom is -0.452 e. The lowest BCUT2D eigenvalue weighted by Crippen LogP contribution is -2.63. The summed E-state index contributed by atoms with van der Waals surface area (Å²) in [6, 6.07) is 14.1. The predicted molar refractivity (Wildman–Crippen MR) is 91.8 cm³/mol. The van der Waals surface area contributed by atoms with E-state index in [0.717, 1.165) is 4.47 Å². The molecule has 0 radical (unpaired) electrons. The Morgan fingerprint density at radius 1 is 1.22 bits per heavy atom. The average Bonchev–Trinajstić information content (AvgIpc) is 2.55. The molecular formula is C18H14BrClO3. The quantitative estimate of drug-likeness (QED) is 0.565. The molecule has 1 fully saturated rings. The molecule has 1 aliphatic heterocycles. The second kappa shape index (κ2) is 6.10. The Morgan fingerprint density at radius 2 is 1.87 bits per heavy atom. The van der Waals surface area contributed by atoms with Crippen molar-refractivity contribution in [3.05, 3.63) is 69.2 Å². The second-order valence-corrected chi connectivity index (χ2v) is 6.78. The molecule has 0 spiro atoms. The van der Waals surface area contributed by atoms with Crippen molar-refractivity contribution in [3.8, 4) is 0 Å². The van der Waals surface area contributed by atoms with Crippen LogP contribution in [0.4, 0.5) is 0 Å². The van der Waals surface area contributed by atoms with Gasteiger partial charge in [0.25, 0.3) is 0 Å². The van der Waals surface area contributed by atoms with Crippen molar-refractivity contribution < 1.29 is 14.3 Å². The highest BCUT2D eigenvalue weighted by Crippen LogP contribution is 2.46. The van der Waals surface area contributed by atoms with Crippen molar-refractivity contribution in [3.63, 3.8) is 0 Å². The lowest BCUT2D eigenvalue weighted by molar-refractivity contribution is -0.184. The average molecular weight is 394 g/mol. The van der Waals surface area contributed by atoms with Gasteiger partial charge in [0.1, 0.15) is 5.41 Å². The highest BCUT2D eigenvalue weighted by molar-refractivity contribution is 9.10. The highest BCUT2D eigenvalue weighted by atomic mass is 79.9. The molecule has 5 heteroatoms. The Kier molecular flexibility index (Phi) is 4.30. The summed E-state index contributed by atoms with van der Waals surface area (Å²) in [4.78, 5) is 25.1. The van der Waals surface area contributed by atoms with Gasteiger partial charge in [-0.25, -0.2) is 0 Å². The van der Waals surface area contributed by atoms with Gasteiger partial charge in [-0.3, -0.25) is 9.59 Å². The molecule has 0 saturated carbocycles. The van der Waals surface area contributed by atoms with Gasteiger partial charge in [-0.1, -0.05) is 64.8 Å². The van der Waals surface area contributed by atoms with Gasteiger partial charge in [0.15, 0.2) is 6.10 Å². The number of ether oxygens (including phenoxy) is 1. The molecular weight excluding hydrogens is 380 g/mol. The monoisotopic (exact) mass is 392 g/mol. The zero-order valence-corrected chi connectivity index (χ0v) is 14.7. The maximum Gasteiger partial charge on any atom is 0.321 e. The molecule has 2 aromatic rings. The largest absolute Gasteiger partial charge is 0.452 e. The van der Waals surface area contributed by atoms with Crippen LogP contribution in [0.2, 0.25) is 5.02 Å². The van der Waals surface area contributed by atoms with Crippen LogP contribution in [-0.2, 0) is 14.9 Å². The van der Waals surface area contributed by atoms with E-state index in [4.69, 9.17) is 16.3 Å².